The monoisotopic (exact) mass is 449 g/mol. The van der Waals surface area contributed by atoms with Crippen LogP contribution in [0.25, 0.3) is 11.3 Å². The van der Waals surface area contributed by atoms with Gasteiger partial charge in [0.1, 0.15) is 6.54 Å². The first-order valence-corrected chi connectivity index (χ1v) is 11.1. The summed E-state index contributed by atoms with van der Waals surface area (Å²) in [6, 6.07) is 0.107. The number of hydrogen-bond donors (Lipinski definition) is 1. The molecule has 32 heavy (non-hydrogen) atoms. The van der Waals surface area contributed by atoms with Crippen LogP contribution in [0.2, 0.25) is 0 Å². The lowest BCUT2D eigenvalue weighted by Gasteiger charge is -2.39. The predicted octanol–water partition coefficient (Wildman–Crippen LogP) is 2.27. The van der Waals surface area contributed by atoms with Crippen LogP contribution in [0.4, 0.5) is 19.1 Å². The van der Waals surface area contributed by atoms with E-state index in [-0.39, 0.29) is 41.6 Å². The molecule has 3 fully saturated rings. The molecule has 172 valence electrons. The van der Waals surface area contributed by atoms with E-state index in [1.54, 1.807) is 16.0 Å². The zero-order chi connectivity index (χ0) is 22.5. The van der Waals surface area contributed by atoms with E-state index < -0.39 is 11.9 Å². The molecule has 1 atom stereocenters. The third kappa shape index (κ3) is 4.05. The second-order valence-corrected chi connectivity index (χ2v) is 8.79. The first-order chi connectivity index (χ1) is 15.3. The number of hydrogen-bond acceptors (Lipinski definition) is 6. The van der Waals surface area contributed by atoms with Crippen molar-refractivity contribution < 1.29 is 18.0 Å². The van der Waals surface area contributed by atoms with Gasteiger partial charge >= 0.3 is 6.18 Å². The van der Waals surface area contributed by atoms with Crippen LogP contribution in [0.5, 0.6) is 0 Å². The van der Waals surface area contributed by atoms with Gasteiger partial charge in [0.15, 0.2) is 5.69 Å². The number of nitrogens with zero attached hydrogens (tertiary/aromatic N) is 6. The van der Waals surface area contributed by atoms with Gasteiger partial charge in [0.25, 0.3) is 0 Å². The highest BCUT2D eigenvalue weighted by Gasteiger charge is 2.43. The van der Waals surface area contributed by atoms with Crippen LogP contribution >= 0.6 is 0 Å². The Labute approximate surface area is 183 Å². The molecule has 1 N–H and O–H groups in total. The van der Waals surface area contributed by atoms with E-state index in [1.807, 2.05) is 6.92 Å². The normalized spacial score (nSPS) is 21.6. The van der Waals surface area contributed by atoms with Crippen molar-refractivity contribution in [2.24, 2.45) is 0 Å². The number of carbonyl (C=O) groups excluding carboxylic acids is 1. The van der Waals surface area contributed by atoms with E-state index in [0.717, 1.165) is 19.5 Å². The number of nitrogens with one attached hydrogen (secondary N) is 1. The Kier molecular flexibility index (Phi) is 5.31. The summed E-state index contributed by atoms with van der Waals surface area (Å²) < 4.78 is 43.5. The summed E-state index contributed by atoms with van der Waals surface area (Å²) in [7, 11) is 0. The second kappa shape index (κ2) is 8.02. The van der Waals surface area contributed by atoms with Gasteiger partial charge in [-0.2, -0.15) is 18.3 Å². The topological polar surface area (TPSA) is 79.2 Å². The van der Waals surface area contributed by atoms with Gasteiger partial charge in [0.2, 0.25) is 11.9 Å². The van der Waals surface area contributed by atoms with Crippen molar-refractivity contribution in [3.8, 4) is 11.3 Å². The number of rotatable bonds is 5. The lowest BCUT2D eigenvalue weighted by Crippen LogP contribution is -2.47. The highest BCUT2D eigenvalue weighted by molar-refractivity contribution is 5.76. The second-order valence-electron chi connectivity index (χ2n) is 8.79. The van der Waals surface area contributed by atoms with Crippen LogP contribution in [-0.2, 0) is 17.5 Å². The van der Waals surface area contributed by atoms with E-state index in [0.29, 0.717) is 38.0 Å². The Morgan fingerprint density at radius 3 is 2.50 bits per heavy atom. The van der Waals surface area contributed by atoms with Gasteiger partial charge in [-0.3, -0.25) is 9.48 Å². The lowest BCUT2D eigenvalue weighted by molar-refractivity contribution is -0.141. The van der Waals surface area contributed by atoms with Crippen molar-refractivity contribution in [2.45, 2.75) is 50.9 Å². The number of anilines is 1. The van der Waals surface area contributed by atoms with Gasteiger partial charge in [-0.15, -0.1) is 0 Å². The highest BCUT2D eigenvalue weighted by Crippen LogP contribution is 2.49. The SMILES string of the molecule is C[C@H]1CCN1c1nc(-c2cnn(CC(=O)N3CCNCC3)c2)c(C2CC2)c(C(F)(F)F)n1. The minimum absolute atomic E-state index is 0.0476. The summed E-state index contributed by atoms with van der Waals surface area (Å²) in [6.45, 7) is 5.41. The number of carbonyl (C=O) groups is 1. The van der Waals surface area contributed by atoms with E-state index >= 15 is 0 Å². The zero-order valence-electron chi connectivity index (χ0n) is 17.9. The molecule has 0 bridgehead atoms. The Hall–Kier alpha value is -2.69. The van der Waals surface area contributed by atoms with Gasteiger partial charge in [0, 0.05) is 56.1 Å². The Balaban J connectivity index is 1.49. The van der Waals surface area contributed by atoms with Crippen molar-refractivity contribution in [1.82, 2.24) is 30.0 Å². The molecule has 2 aliphatic heterocycles. The molecule has 0 radical (unpaired) electrons. The number of amides is 1. The van der Waals surface area contributed by atoms with Gasteiger partial charge in [-0.1, -0.05) is 0 Å². The molecule has 0 unspecified atom stereocenters. The molecule has 0 aromatic carbocycles. The molecule has 1 amide bonds. The summed E-state index contributed by atoms with van der Waals surface area (Å²) in [4.78, 5) is 24.7. The predicted molar refractivity (Wildman–Crippen MR) is 111 cm³/mol. The minimum Gasteiger partial charge on any atom is -0.339 e. The molecule has 2 aromatic heterocycles. The fraction of sp³-hybridized carbons (Fsp3) is 0.619. The zero-order valence-corrected chi connectivity index (χ0v) is 17.9. The first kappa shape index (κ1) is 21.2. The molecule has 1 aliphatic carbocycles. The number of piperazine rings is 1. The molecular formula is C21H26F3N7O. The minimum atomic E-state index is -4.56. The van der Waals surface area contributed by atoms with E-state index in [9.17, 15) is 18.0 Å². The molecule has 0 spiro atoms. The van der Waals surface area contributed by atoms with Crippen molar-refractivity contribution in [2.75, 3.05) is 37.6 Å². The van der Waals surface area contributed by atoms with Gasteiger partial charge in [-0.25, -0.2) is 9.97 Å². The molecule has 4 heterocycles. The highest BCUT2D eigenvalue weighted by atomic mass is 19.4. The fourth-order valence-electron chi connectivity index (χ4n) is 4.32. The Morgan fingerprint density at radius 1 is 1.16 bits per heavy atom. The number of halogens is 3. The van der Waals surface area contributed by atoms with Crippen molar-refractivity contribution in [3.05, 3.63) is 23.7 Å². The van der Waals surface area contributed by atoms with Crippen molar-refractivity contribution in [3.63, 3.8) is 0 Å². The molecule has 5 rings (SSSR count). The van der Waals surface area contributed by atoms with Crippen LogP contribution in [0.1, 0.15) is 43.4 Å². The molecule has 2 aromatic rings. The summed E-state index contributed by atoms with van der Waals surface area (Å²) in [5.41, 5.74) is 0.0817. The summed E-state index contributed by atoms with van der Waals surface area (Å²) in [5, 5.41) is 7.46. The third-order valence-corrected chi connectivity index (χ3v) is 6.44. The largest absolute Gasteiger partial charge is 0.433 e. The summed E-state index contributed by atoms with van der Waals surface area (Å²) >= 11 is 0. The van der Waals surface area contributed by atoms with E-state index in [2.05, 4.69) is 20.4 Å². The average Bonchev–Trinajstić information content (AvgIpc) is 3.50. The Morgan fingerprint density at radius 2 is 1.91 bits per heavy atom. The fourth-order valence-corrected chi connectivity index (χ4v) is 4.32. The van der Waals surface area contributed by atoms with Crippen molar-refractivity contribution in [1.29, 1.82) is 0 Å². The van der Waals surface area contributed by atoms with E-state index in [1.165, 1.54) is 10.9 Å². The maximum atomic E-state index is 14.0. The maximum Gasteiger partial charge on any atom is 0.433 e. The summed E-state index contributed by atoms with van der Waals surface area (Å²) in [6.07, 6.45) is 0.840. The lowest BCUT2D eigenvalue weighted by atomic mass is 10.0. The molecule has 2 saturated heterocycles. The van der Waals surface area contributed by atoms with Crippen LogP contribution in [0, 0.1) is 0 Å². The summed E-state index contributed by atoms with van der Waals surface area (Å²) in [5.74, 6) is -0.146. The smallest absolute Gasteiger partial charge is 0.339 e. The first-order valence-electron chi connectivity index (χ1n) is 11.1. The third-order valence-electron chi connectivity index (χ3n) is 6.44. The molecule has 1 saturated carbocycles. The van der Waals surface area contributed by atoms with Gasteiger partial charge in [0.05, 0.1) is 11.9 Å². The van der Waals surface area contributed by atoms with Crippen LogP contribution in [0.3, 0.4) is 0 Å². The van der Waals surface area contributed by atoms with Gasteiger partial charge < -0.3 is 15.1 Å². The molecule has 3 aliphatic rings. The Bertz CT molecular complexity index is 1010. The number of alkyl halides is 3. The maximum absolute atomic E-state index is 14.0. The van der Waals surface area contributed by atoms with Crippen LogP contribution in [0.15, 0.2) is 12.4 Å². The molecule has 11 heteroatoms. The average molecular weight is 449 g/mol. The standard InChI is InChI=1S/C21H26F3N7O/c1-13-4-7-31(13)20-27-18(17(14-2-3-14)19(28-20)21(22,23)24)15-10-26-30(11-15)12-16(32)29-8-5-25-6-9-29/h10-11,13-14,25H,2-9,12H2,1H3/t13-/m0/s1. The molecule has 8 nitrogen and oxygen atoms in total. The van der Waals surface area contributed by atoms with E-state index in [4.69, 9.17) is 0 Å². The van der Waals surface area contributed by atoms with Crippen LogP contribution in [-0.4, -0.2) is 69.3 Å². The number of aromatic nitrogens is 4. The van der Waals surface area contributed by atoms with Crippen molar-refractivity contribution >= 4 is 11.9 Å². The molecular weight excluding hydrogens is 423 g/mol. The van der Waals surface area contributed by atoms with Crippen LogP contribution < -0.4 is 10.2 Å². The quantitative estimate of drug-likeness (QED) is 0.755. The van der Waals surface area contributed by atoms with Gasteiger partial charge in [-0.05, 0) is 32.1 Å².